The summed E-state index contributed by atoms with van der Waals surface area (Å²) in [6.07, 6.45) is 4.43. The van der Waals surface area contributed by atoms with E-state index in [0.717, 1.165) is 0 Å². The summed E-state index contributed by atoms with van der Waals surface area (Å²) in [5, 5.41) is 8.74. The highest BCUT2D eigenvalue weighted by atomic mass is 16.4. The van der Waals surface area contributed by atoms with Crippen LogP contribution in [-0.2, 0) is 4.79 Å². The first-order valence-corrected chi connectivity index (χ1v) is 3.93. The van der Waals surface area contributed by atoms with Crippen LogP contribution in [0.4, 0.5) is 0 Å². The lowest BCUT2D eigenvalue weighted by Crippen LogP contribution is -2.18. The molecule has 0 amide bonds. The van der Waals surface area contributed by atoms with E-state index in [-0.39, 0.29) is 11.8 Å². The summed E-state index contributed by atoms with van der Waals surface area (Å²) in [4.78, 5) is 10.6. The van der Waals surface area contributed by atoms with Crippen LogP contribution in [0.15, 0.2) is 12.2 Å². The number of rotatable bonds is 4. The van der Waals surface area contributed by atoms with E-state index in [2.05, 4.69) is 0 Å². The van der Waals surface area contributed by atoms with Crippen molar-refractivity contribution >= 4 is 5.97 Å². The lowest BCUT2D eigenvalue weighted by atomic mass is 9.93. The molecule has 1 N–H and O–H groups in total. The summed E-state index contributed by atoms with van der Waals surface area (Å²) in [5.41, 5.74) is 0. The Morgan fingerprint density at radius 1 is 1.55 bits per heavy atom. The van der Waals surface area contributed by atoms with Gasteiger partial charge in [-0.15, -0.1) is 0 Å². The van der Waals surface area contributed by atoms with Crippen LogP contribution < -0.4 is 0 Å². The molecule has 0 unspecified atom stereocenters. The molecule has 0 spiro atoms. The Morgan fingerprint density at radius 3 is 2.36 bits per heavy atom. The van der Waals surface area contributed by atoms with Crippen LogP contribution >= 0.6 is 0 Å². The van der Waals surface area contributed by atoms with E-state index in [1.807, 2.05) is 32.9 Å². The Bertz CT molecular complexity index is 148. The molecule has 1 atom stereocenters. The number of carboxylic acid groups (broad SMARTS) is 1. The van der Waals surface area contributed by atoms with Crippen LogP contribution in [-0.4, -0.2) is 11.1 Å². The summed E-state index contributed by atoms with van der Waals surface area (Å²) >= 11 is 0. The SMILES string of the molecule is CC=CC[C@H](C(=O)O)C(C)C. The third kappa shape index (κ3) is 3.81. The number of hydrogen-bond donors (Lipinski definition) is 1. The van der Waals surface area contributed by atoms with Gasteiger partial charge in [0.25, 0.3) is 0 Å². The van der Waals surface area contributed by atoms with Crippen molar-refractivity contribution in [1.82, 2.24) is 0 Å². The van der Waals surface area contributed by atoms with Crippen LogP contribution in [0.2, 0.25) is 0 Å². The maximum Gasteiger partial charge on any atom is 0.307 e. The summed E-state index contributed by atoms with van der Waals surface area (Å²) in [6, 6.07) is 0. The molecular weight excluding hydrogens is 140 g/mol. The molecule has 0 saturated carbocycles. The second kappa shape index (κ2) is 4.94. The van der Waals surface area contributed by atoms with Crippen molar-refractivity contribution in [1.29, 1.82) is 0 Å². The lowest BCUT2D eigenvalue weighted by Gasteiger charge is -2.12. The van der Waals surface area contributed by atoms with Crippen molar-refractivity contribution < 1.29 is 9.90 Å². The second-order valence-corrected chi connectivity index (χ2v) is 2.99. The zero-order chi connectivity index (χ0) is 8.85. The van der Waals surface area contributed by atoms with Crippen molar-refractivity contribution in [2.24, 2.45) is 11.8 Å². The Morgan fingerprint density at radius 2 is 2.09 bits per heavy atom. The molecule has 11 heavy (non-hydrogen) atoms. The Kier molecular flexibility index (Phi) is 4.59. The van der Waals surface area contributed by atoms with E-state index in [9.17, 15) is 4.79 Å². The third-order valence-corrected chi connectivity index (χ3v) is 1.75. The highest BCUT2D eigenvalue weighted by Crippen LogP contribution is 2.15. The van der Waals surface area contributed by atoms with Gasteiger partial charge in [-0.05, 0) is 19.3 Å². The van der Waals surface area contributed by atoms with Gasteiger partial charge < -0.3 is 5.11 Å². The monoisotopic (exact) mass is 156 g/mol. The maximum atomic E-state index is 10.6. The van der Waals surface area contributed by atoms with Gasteiger partial charge in [0.05, 0.1) is 5.92 Å². The predicted octanol–water partition coefficient (Wildman–Crippen LogP) is 2.31. The zero-order valence-corrected chi connectivity index (χ0v) is 7.37. The second-order valence-electron chi connectivity index (χ2n) is 2.99. The minimum absolute atomic E-state index is 0.212. The molecule has 0 aliphatic rings. The highest BCUT2D eigenvalue weighted by Gasteiger charge is 2.18. The minimum atomic E-state index is -0.696. The molecular formula is C9H16O2. The largest absolute Gasteiger partial charge is 0.481 e. The normalized spacial score (nSPS) is 14.2. The molecule has 2 heteroatoms. The van der Waals surface area contributed by atoms with Crippen LogP contribution in [0.5, 0.6) is 0 Å². The van der Waals surface area contributed by atoms with Crippen molar-refractivity contribution in [3.8, 4) is 0 Å². The van der Waals surface area contributed by atoms with Crippen molar-refractivity contribution in [2.45, 2.75) is 27.2 Å². The standard InChI is InChI=1S/C9H16O2/c1-4-5-6-8(7(2)3)9(10)11/h4-5,7-8H,6H2,1-3H3,(H,10,11)/t8-/m0/s1. The number of carboxylic acids is 1. The smallest absolute Gasteiger partial charge is 0.307 e. The number of aliphatic carboxylic acids is 1. The summed E-state index contributed by atoms with van der Waals surface area (Å²) in [6.45, 7) is 5.77. The van der Waals surface area contributed by atoms with Gasteiger partial charge in [-0.1, -0.05) is 26.0 Å². The summed E-state index contributed by atoms with van der Waals surface area (Å²) in [7, 11) is 0. The molecule has 2 nitrogen and oxygen atoms in total. The summed E-state index contributed by atoms with van der Waals surface area (Å²) in [5.74, 6) is -0.715. The average molecular weight is 156 g/mol. The van der Waals surface area contributed by atoms with Gasteiger partial charge in [-0.2, -0.15) is 0 Å². The molecule has 0 aromatic rings. The molecule has 0 bridgehead atoms. The van der Waals surface area contributed by atoms with E-state index in [1.165, 1.54) is 0 Å². The van der Waals surface area contributed by atoms with Crippen LogP contribution in [0.25, 0.3) is 0 Å². The van der Waals surface area contributed by atoms with E-state index in [0.29, 0.717) is 6.42 Å². The first-order valence-electron chi connectivity index (χ1n) is 3.93. The fraction of sp³-hybridized carbons (Fsp3) is 0.667. The first kappa shape index (κ1) is 10.2. The van der Waals surface area contributed by atoms with Crippen molar-refractivity contribution in [3.05, 3.63) is 12.2 Å². The van der Waals surface area contributed by atoms with Crippen molar-refractivity contribution in [2.75, 3.05) is 0 Å². The lowest BCUT2D eigenvalue weighted by molar-refractivity contribution is -0.143. The summed E-state index contributed by atoms with van der Waals surface area (Å²) < 4.78 is 0. The van der Waals surface area contributed by atoms with Gasteiger partial charge in [0.2, 0.25) is 0 Å². The molecule has 0 aromatic heterocycles. The molecule has 0 saturated heterocycles. The van der Waals surface area contributed by atoms with Crippen molar-refractivity contribution in [3.63, 3.8) is 0 Å². The van der Waals surface area contributed by atoms with Gasteiger partial charge in [-0.3, -0.25) is 4.79 Å². The molecule has 0 heterocycles. The minimum Gasteiger partial charge on any atom is -0.481 e. The number of allylic oxidation sites excluding steroid dienone is 2. The van der Waals surface area contributed by atoms with Gasteiger partial charge in [0.1, 0.15) is 0 Å². The van der Waals surface area contributed by atoms with E-state index in [4.69, 9.17) is 5.11 Å². The molecule has 0 aromatic carbocycles. The van der Waals surface area contributed by atoms with Gasteiger partial charge in [0, 0.05) is 0 Å². The van der Waals surface area contributed by atoms with E-state index < -0.39 is 5.97 Å². The third-order valence-electron chi connectivity index (χ3n) is 1.75. The zero-order valence-electron chi connectivity index (χ0n) is 7.37. The number of hydrogen-bond acceptors (Lipinski definition) is 1. The molecule has 64 valence electrons. The van der Waals surface area contributed by atoms with Crippen LogP contribution in [0, 0.1) is 11.8 Å². The van der Waals surface area contributed by atoms with E-state index in [1.54, 1.807) is 0 Å². The molecule has 0 fully saturated rings. The molecule has 0 aliphatic heterocycles. The van der Waals surface area contributed by atoms with Gasteiger partial charge in [0.15, 0.2) is 0 Å². The van der Waals surface area contributed by atoms with E-state index >= 15 is 0 Å². The van der Waals surface area contributed by atoms with Crippen LogP contribution in [0.3, 0.4) is 0 Å². The fourth-order valence-corrected chi connectivity index (χ4v) is 0.941. The van der Waals surface area contributed by atoms with Crippen LogP contribution in [0.1, 0.15) is 27.2 Å². The molecule has 0 aliphatic carbocycles. The molecule has 0 radical (unpaired) electrons. The Hall–Kier alpha value is -0.790. The van der Waals surface area contributed by atoms with Gasteiger partial charge >= 0.3 is 5.97 Å². The Balaban J connectivity index is 4.00. The van der Waals surface area contributed by atoms with Gasteiger partial charge in [-0.25, -0.2) is 0 Å². The topological polar surface area (TPSA) is 37.3 Å². The first-order chi connectivity index (χ1) is 5.09. The quantitative estimate of drug-likeness (QED) is 0.634. The highest BCUT2D eigenvalue weighted by molar-refractivity contribution is 5.70. The fourth-order valence-electron chi connectivity index (χ4n) is 0.941. The average Bonchev–Trinajstić information content (AvgIpc) is 1.87. The molecule has 0 rings (SSSR count). The maximum absolute atomic E-state index is 10.6. The predicted molar refractivity (Wildman–Crippen MR) is 45.4 cm³/mol. The number of carbonyl (C=O) groups is 1. The Labute approximate surface area is 67.9 Å².